The molecule has 0 aliphatic carbocycles. The third-order valence-electron chi connectivity index (χ3n) is 8.47. The lowest BCUT2D eigenvalue weighted by atomic mass is 9.66. The van der Waals surface area contributed by atoms with Gasteiger partial charge in [-0.15, -0.1) is 24.9 Å². The van der Waals surface area contributed by atoms with E-state index in [0.717, 1.165) is 23.2 Å². The number of amides is 2. The fourth-order valence-corrected chi connectivity index (χ4v) is 8.97. The molecule has 4 rings (SSSR count). The number of ether oxygens (including phenoxy) is 1. The molecule has 3 aliphatic heterocycles. The number of hydrogen-bond acceptors (Lipinski definition) is 6. The number of likely N-dealkylation sites (tertiary alicyclic amines) is 1. The molecule has 38 heavy (non-hydrogen) atoms. The molecule has 0 saturated carbocycles. The van der Waals surface area contributed by atoms with Crippen LogP contribution in [0, 0.1) is 25.7 Å². The van der Waals surface area contributed by atoms with Crippen molar-refractivity contribution in [2.75, 3.05) is 24.7 Å². The van der Waals surface area contributed by atoms with E-state index in [4.69, 9.17) is 4.74 Å². The van der Waals surface area contributed by atoms with Gasteiger partial charge >= 0.3 is 5.97 Å². The van der Waals surface area contributed by atoms with Crippen LogP contribution in [0.4, 0.5) is 5.69 Å². The number of fused-ring (bicyclic) bond motifs is 1. The van der Waals surface area contributed by atoms with Crippen LogP contribution in [0.15, 0.2) is 43.5 Å². The summed E-state index contributed by atoms with van der Waals surface area (Å²) in [4.78, 5) is 45.5. The van der Waals surface area contributed by atoms with Crippen molar-refractivity contribution in [3.63, 3.8) is 0 Å². The Balaban J connectivity index is 1.77. The van der Waals surface area contributed by atoms with E-state index in [1.165, 1.54) is 0 Å². The third-order valence-corrected chi connectivity index (χ3v) is 10.5. The molecule has 206 valence electrons. The van der Waals surface area contributed by atoms with Crippen LogP contribution >= 0.6 is 11.8 Å². The van der Waals surface area contributed by atoms with Crippen LogP contribution in [0.2, 0.25) is 0 Å². The van der Waals surface area contributed by atoms with Crippen molar-refractivity contribution in [3.8, 4) is 0 Å². The number of anilines is 1. The Bertz CT molecular complexity index is 1140. The number of carbonyl (C=O) groups excluding carboxylic acids is 3. The first-order valence-electron chi connectivity index (χ1n) is 13.5. The summed E-state index contributed by atoms with van der Waals surface area (Å²) in [5, 5.41) is 10.1. The third kappa shape index (κ3) is 4.49. The number of thioether (sulfide) groups is 1. The number of hydrogen-bond donors (Lipinski definition) is 1. The summed E-state index contributed by atoms with van der Waals surface area (Å²) in [7, 11) is 0. The monoisotopic (exact) mass is 540 g/mol. The first kappa shape index (κ1) is 28.4. The Morgan fingerprint density at radius 3 is 2.68 bits per heavy atom. The lowest BCUT2D eigenvalue weighted by Gasteiger charge is -2.39. The molecule has 1 N–H and O–H groups in total. The average Bonchev–Trinajstić information content (AvgIpc) is 3.46. The molecule has 3 fully saturated rings. The average molecular weight is 541 g/mol. The largest absolute Gasteiger partial charge is 0.465 e. The van der Waals surface area contributed by atoms with Crippen LogP contribution in [-0.2, 0) is 19.1 Å². The summed E-state index contributed by atoms with van der Waals surface area (Å²) in [6, 6.07) is 4.58. The van der Waals surface area contributed by atoms with E-state index in [0.29, 0.717) is 19.3 Å². The second-order valence-corrected chi connectivity index (χ2v) is 13.0. The molecule has 0 aromatic heterocycles. The Hall–Kier alpha value is -2.58. The molecule has 8 heteroatoms. The number of benzene rings is 1. The van der Waals surface area contributed by atoms with Crippen molar-refractivity contribution in [2.45, 2.75) is 75.0 Å². The van der Waals surface area contributed by atoms with E-state index < -0.39 is 33.4 Å². The standard InChI is InChI=1S/C30H40N2O5S/c1-7-9-10-16-37-28(36)24-23-26(34)32(21(5)18-33)25(30(23)14-13-29(24,6)38-30)27(35)31(15-8-2)22-17-19(3)11-12-20(22)4/h7-8,11-12,17,21,23-25,33H,1-2,9-10,13-16,18H2,3-6H3/t21-,23+,24+,25?,29-,30?/m1/s1. The molecule has 1 aromatic rings. The van der Waals surface area contributed by atoms with Gasteiger partial charge in [0.1, 0.15) is 6.04 Å². The van der Waals surface area contributed by atoms with Gasteiger partial charge in [0, 0.05) is 17.0 Å². The molecule has 0 radical (unpaired) electrons. The van der Waals surface area contributed by atoms with Crippen molar-refractivity contribution < 1.29 is 24.2 Å². The van der Waals surface area contributed by atoms with Crippen molar-refractivity contribution in [3.05, 3.63) is 54.6 Å². The number of esters is 1. The lowest BCUT2D eigenvalue weighted by molar-refractivity contribution is -0.156. The lowest BCUT2D eigenvalue weighted by Crippen LogP contribution is -2.57. The van der Waals surface area contributed by atoms with Gasteiger partial charge in [-0.3, -0.25) is 14.4 Å². The summed E-state index contributed by atoms with van der Waals surface area (Å²) in [5.74, 6) is -2.13. The molecule has 2 bridgehead atoms. The fourth-order valence-electron chi connectivity index (χ4n) is 6.65. The van der Waals surface area contributed by atoms with Gasteiger partial charge in [0.2, 0.25) is 5.91 Å². The zero-order valence-corrected chi connectivity index (χ0v) is 23.8. The minimum absolute atomic E-state index is 0.202. The second kappa shape index (κ2) is 10.9. The Morgan fingerprint density at radius 1 is 1.29 bits per heavy atom. The molecule has 1 aromatic carbocycles. The molecule has 3 heterocycles. The van der Waals surface area contributed by atoms with Crippen LogP contribution in [-0.4, -0.2) is 69.1 Å². The number of carbonyl (C=O) groups is 3. The first-order valence-corrected chi connectivity index (χ1v) is 14.3. The van der Waals surface area contributed by atoms with Gasteiger partial charge in [-0.25, -0.2) is 0 Å². The van der Waals surface area contributed by atoms with E-state index in [1.54, 1.807) is 40.6 Å². The fraction of sp³-hybridized carbons (Fsp3) is 0.567. The highest BCUT2D eigenvalue weighted by Gasteiger charge is 2.78. The topological polar surface area (TPSA) is 87.1 Å². The highest BCUT2D eigenvalue weighted by atomic mass is 32.2. The van der Waals surface area contributed by atoms with Crippen molar-refractivity contribution in [1.82, 2.24) is 4.90 Å². The van der Waals surface area contributed by atoms with Crippen molar-refractivity contribution in [2.24, 2.45) is 11.8 Å². The van der Waals surface area contributed by atoms with Gasteiger partial charge in [-0.1, -0.05) is 24.3 Å². The Labute approximate surface area is 230 Å². The van der Waals surface area contributed by atoms with Gasteiger partial charge in [-0.05, 0) is 70.6 Å². The van der Waals surface area contributed by atoms with E-state index in [-0.39, 0.29) is 37.5 Å². The van der Waals surface area contributed by atoms with Crippen LogP contribution < -0.4 is 4.90 Å². The van der Waals surface area contributed by atoms with E-state index in [2.05, 4.69) is 13.2 Å². The minimum atomic E-state index is -0.813. The minimum Gasteiger partial charge on any atom is -0.465 e. The van der Waals surface area contributed by atoms with Gasteiger partial charge in [-0.2, -0.15) is 0 Å². The summed E-state index contributed by atoms with van der Waals surface area (Å²) >= 11 is 1.61. The summed E-state index contributed by atoms with van der Waals surface area (Å²) in [5.41, 5.74) is 2.75. The molecule has 3 aliphatic rings. The zero-order chi connectivity index (χ0) is 27.8. The van der Waals surface area contributed by atoms with Crippen molar-refractivity contribution in [1.29, 1.82) is 0 Å². The summed E-state index contributed by atoms with van der Waals surface area (Å²) in [6.45, 7) is 15.6. The van der Waals surface area contributed by atoms with Crippen LogP contribution in [0.25, 0.3) is 0 Å². The Morgan fingerprint density at radius 2 is 2.03 bits per heavy atom. The van der Waals surface area contributed by atoms with Gasteiger partial charge in [0.05, 0.1) is 35.8 Å². The molecular weight excluding hydrogens is 500 g/mol. The predicted molar refractivity (Wildman–Crippen MR) is 151 cm³/mol. The number of nitrogens with zero attached hydrogens (tertiary/aromatic N) is 2. The molecule has 6 atom stereocenters. The maximum absolute atomic E-state index is 14.6. The van der Waals surface area contributed by atoms with Gasteiger partial charge < -0.3 is 19.6 Å². The Kier molecular flexibility index (Phi) is 8.15. The normalized spacial score (nSPS) is 30.2. The number of aryl methyl sites for hydroxylation is 2. The van der Waals surface area contributed by atoms with Crippen LogP contribution in [0.5, 0.6) is 0 Å². The number of aliphatic hydroxyl groups is 1. The quantitative estimate of drug-likeness (QED) is 0.257. The first-order chi connectivity index (χ1) is 18.1. The summed E-state index contributed by atoms with van der Waals surface area (Å²) < 4.78 is 4.41. The van der Waals surface area contributed by atoms with E-state index in [1.807, 2.05) is 39.0 Å². The smallest absolute Gasteiger partial charge is 0.311 e. The molecule has 2 amide bonds. The molecule has 1 spiro atoms. The van der Waals surface area contributed by atoms with Gasteiger partial charge in [0.25, 0.3) is 5.91 Å². The molecule has 2 unspecified atom stereocenters. The number of rotatable bonds is 11. The summed E-state index contributed by atoms with van der Waals surface area (Å²) in [6.07, 6.45) is 6.25. The SMILES string of the molecule is C=CCCCOC(=O)[C@@H]1[C@H]2C(=O)N([C@H](C)CO)C(C(=O)N(CC=C)c3cc(C)ccc3C)C23CC[C@@]1(C)S3. The van der Waals surface area contributed by atoms with E-state index in [9.17, 15) is 19.5 Å². The highest BCUT2D eigenvalue weighted by Crippen LogP contribution is 2.71. The molecule has 3 saturated heterocycles. The molecular formula is C30H40N2O5S. The predicted octanol–water partition coefficient (Wildman–Crippen LogP) is 4.19. The van der Waals surface area contributed by atoms with Crippen LogP contribution in [0.3, 0.4) is 0 Å². The van der Waals surface area contributed by atoms with Gasteiger partial charge in [0.15, 0.2) is 0 Å². The number of unbranched alkanes of at least 4 members (excludes halogenated alkanes) is 1. The maximum Gasteiger partial charge on any atom is 0.311 e. The highest BCUT2D eigenvalue weighted by molar-refractivity contribution is 8.02. The second-order valence-electron chi connectivity index (χ2n) is 11.1. The zero-order valence-electron chi connectivity index (χ0n) is 22.9. The maximum atomic E-state index is 14.6. The van der Waals surface area contributed by atoms with Crippen LogP contribution in [0.1, 0.15) is 50.7 Å². The van der Waals surface area contributed by atoms with Crippen molar-refractivity contribution >= 4 is 35.2 Å². The number of aliphatic hydroxyl groups excluding tert-OH is 1. The molecule has 7 nitrogen and oxygen atoms in total. The number of allylic oxidation sites excluding steroid dienone is 1. The van der Waals surface area contributed by atoms with E-state index >= 15 is 0 Å².